The van der Waals surface area contributed by atoms with Gasteiger partial charge in [0.05, 0.1) is 22.9 Å². The van der Waals surface area contributed by atoms with E-state index in [1.165, 1.54) is 47.4 Å². The summed E-state index contributed by atoms with van der Waals surface area (Å²) in [6.07, 6.45) is 0. The predicted octanol–water partition coefficient (Wildman–Crippen LogP) is 5.34. The van der Waals surface area contributed by atoms with Gasteiger partial charge in [-0.15, -0.1) is 20.4 Å². The van der Waals surface area contributed by atoms with Gasteiger partial charge in [-0.05, 0) is 48.2 Å². The minimum atomic E-state index is -0.451. The van der Waals surface area contributed by atoms with E-state index < -0.39 is 11.7 Å². The van der Waals surface area contributed by atoms with Gasteiger partial charge in [0.1, 0.15) is 5.82 Å². The Balaban J connectivity index is 1.49. The smallest absolute Gasteiger partial charge is 0.253 e. The van der Waals surface area contributed by atoms with Gasteiger partial charge in [0, 0.05) is 10.7 Å². The molecule has 2 N–H and O–H groups in total. The first-order valence-electron chi connectivity index (χ1n) is 10.7. The highest BCUT2D eigenvalue weighted by Crippen LogP contribution is 2.26. The third-order valence-electron chi connectivity index (χ3n) is 4.62. The number of thioether (sulfide) groups is 2. The van der Waals surface area contributed by atoms with Crippen molar-refractivity contribution in [2.45, 2.75) is 23.0 Å². The molecule has 0 spiro atoms. The lowest BCUT2D eigenvalue weighted by Crippen LogP contribution is -2.25. The van der Waals surface area contributed by atoms with Gasteiger partial charge in [-0.3, -0.25) is 19.5 Å². The molecule has 15 heteroatoms. The third kappa shape index (κ3) is 7.20. The number of anilines is 1. The summed E-state index contributed by atoms with van der Waals surface area (Å²) >= 11 is 16.1. The molecule has 0 unspecified atom stereocenters. The third-order valence-corrected chi connectivity index (χ3v) is 7.97. The number of nitrogens with one attached hydrogen (secondary N) is 2. The van der Waals surface area contributed by atoms with Crippen LogP contribution in [0.1, 0.15) is 23.1 Å². The molecule has 2 aromatic carbocycles. The molecule has 0 saturated carbocycles. The molecule has 2 heterocycles. The largest absolute Gasteiger partial charge is 0.345 e. The van der Waals surface area contributed by atoms with E-state index in [2.05, 4.69) is 31.0 Å². The second-order valence-corrected chi connectivity index (χ2v) is 11.4. The first kappa shape index (κ1) is 27.3. The lowest BCUT2D eigenvalue weighted by molar-refractivity contribution is -0.113. The Morgan fingerprint density at radius 2 is 1.84 bits per heavy atom. The lowest BCUT2D eigenvalue weighted by Gasteiger charge is -2.11. The Bertz CT molecular complexity index is 1420. The number of halogens is 3. The van der Waals surface area contributed by atoms with Crippen molar-refractivity contribution in [1.29, 1.82) is 0 Å². The molecule has 37 heavy (non-hydrogen) atoms. The van der Waals surface area contributed by atoms with Crippen molar-refractivity contribution in [2.24, 2.45) is 0 Å². The Hall–Kier alpha value is -2.71. The number of aromatic nitrogens is 5. The number of nitrogens with zero attached hydrogens (tertiary/aromatic N) is 5. The van der Waals surface area contributed by atoms with Gasteiger partial charge in [-0.1, -0.05) is 65.0 Å². The lowest BCUT2D eigenvalue weighted by atomic mass is 10.2. The molecule has 192 valence electrons. The molecule has 4 aromatic rings. The maximum absolute atomic E-state index is 13.6. The Labute approximate surface area is 233 Å². The van der Waals surface area contributed by atoms with Crippen LogP contribution in [0.25, 0.3) is 5.69 Å². The van der Waals surface area contributed by atoms with E-state index in [-0.39, 0.29) is 28.8 Å². The summed E-state index contributed by atoms with van der Waals surface area (Å²) in [6.45, 7) is 1.99. The van der Waals surface area contributed by atoms with Crippen molar-refractivity contribution >= 4 is 75.0 Å². The molecule has 2 amide bonds. The SMILES string of the molecule is CCSc1nnc(NC(=O)CSc2nnc(CNC(=O)c3cc(Cl)ccc3Cl)n2-c2ccc(F)cc2)s1. The molecule has 0 aliphatic carbocycles. The summed E-state index contributed by atoms with van der Waals surface area (Å²) in [7, 11) is 0. The summed E-state index contributed by atoms with van der Waals surface area (Å²) in [5, 5.41) is 23.2. The van der Waals surface area contributed by atoms with Crippen LogP contribution >= 0.6 is 58.1 Å². The van der Waals surface area contributed by atoms with Gasteiger partial charge in [0.25, 0.3) is 5.91 Å². The van der Waals surface area contributed by atoms with Gasteiger partial charge in [-0.25, -0.2) is 4.39 Å². The summed E-state index contributed by atoms with van der Waals surface area (Å²) < 4.78 is 16.0. The van der Waals surface area contributed by atoms with Crippen LogP contribution < -0.4 is 10.6 Å². The van der Waals surface area contributed by atoms with Crippen LogP contribution in [-0.4, -0.2) is 48.3 Å². The van der Waals surface area contributed by atoms with Gasteiger partial charge >= 0.3 is 0 Å². The average Bonchev–Trinajstić information content (AvgIpc) is 3.50. The number of hydrogen-bond acceptors (Lipinski definition) is 9. The molecule has 0 bridgehead atoms. The second kappa shape index (κ2) is 12.7. The number of amides is 2. The fraction of sp³-hybridized carbons (Fsp3) is 0.182. The van der Waals surface area contributed by atoms with Gasteiger partial charge in [0.15, 0.2) is 15.3 Å². The number of rotatable bonds is 10. The van der Waals surface area contributed by atoms with Crippen molar-refractivity contribution in [3.63, 3.8) is 0 Å². The van der Waals surface area contributed by atoms with E-state index in [1.54, 1.807) is 22.8 Å². The molecule has 0 fully saturated rings. The van der Waals surface area contributed by atoms with Crippen molar-refractivity contribution in [1.82, 2.24) is 30.3 Å². The number of carbonyl (C=O) groups is 2. The average molecular weight is 599 g/mol. The molecular weight excluding hydrogens is 580 g/mol. The molecule has 0 atom stereocenters. The molecule has 4 rings (SSSR count). The maximum Gasteiger partial charge on any atom is 0.253 e. The highest BCUT2D eigenvalue weighted by atomic mass is 35.5. The van der Waals surface area contributed by atoms with Crippen molar-refractivity contribution in [3.8, 4) is 5.69 Å². The fourth-order valence-electron chi connectivity index (χ4n) is 3.01. The number of carbonyl (C=O) groups excluding carboxylic acids is 2. The van der Waals surface area contributed by atoms with Crippen LogP contribution in [0.2, 0.25) is 10.0 Å². The molecule has 0 aliphatic heterocycles. The van der Waals surface area contributed by atoms with Gasteiger partial charge in [0.2, 0.25) is 11.0 Å². The van der Waals surface area contributed by atoms with E-state index in [0.717, 1.165) is 21.9 Å². The Morgan fingerprint density at radius 1 is 1.05 bits per heavy atom. The number of benzene rings is 2. The quantitative estimate of drug-likeness (QED) is 0.186. The van der Waals surface area contributed by atoms with Crippen LogP contribution in [-0.2, 0) is 11.3 Å². The van der Waals surface area contributed by atoms with E-state index in [1.807, 2.05) is 6.92 Å². The Morgan fingerprint density at radius 3 is 2.59 bits per heavy atom. The fourth-order valence-corrected chi connectivity index (χ4v) is 5.82. The molecule has 0 saturated heterocycles. The zero-order valence-corrected chi connectivity index (χ0v) is 23.0. The van der Waals surface area contributed by atoms with Crippen LogP contribution in [0.5, 0.6) is 0 Å². The molecule has 0 radical (unpaired) electrons. The highest BCUT2D eigenvalue weighted by Gasteiger charge is 2.19. The normalized spacial score (nSPS) is 10.9. The van der Waals surface area contributed by atoms with Crippen molar-refractivity contribution in [2.75, 3.05) is 16.8 Å². The molecule has 9 nitrogen and oxygen atoms in total. The number of hydrogen-bond donors (Lipinski definition) is 2. The van der Waals surface area contributed by atoms with Crippen LogP contribution in [0.15, 0.2) is 52.0 Å². The second-order valence-electron chi connectivity index (χ2n) is 7.16. The summed E-state index contributed by atoms with van der Waals surface area (Å²) in [5.74, 6) is 0.0760. The summed E-state index contributed by atoms with van der Waals surface area (Å²) in [4.78, 5) is 25.2. The van der Waals surface area contributed by atoms with Crippen molar-refractivity contribution in [3.05, 3.63) is 69.7 Å². The molecular formula is C22H18Cl2FN7O2S3. The van der Waals surface area contributed by atoms with E-state index >= 15 is 0 Å². The first-order chi connectivity index (χ1) is 17.8. The maximum atomic E-state index is 13.6. The standard InChI is InChI=1S/C22H18Cl2FN7O2S3/c1-2-35-22-31-29-20(37-22)27-18(33)11-36-21-30-28-17(32(21)14-6-4-13(25)5-7-14)10-26-19(34)15-9-12(23)3-8-16(15)24/h3-9H,2,10-11H2,1H3,(H,26,34)(H,27,29,33). The topological polar surface area (TPSA) is 115 Å². The Kier molecular flexibility index (Phi) is 9.38. The van der Waals surface area contributed by atoms with Crippen molar-refractivity contribution < 1.29 is 14.0 Å². The van der Waals surface area contributed by atoms with Crippen LogP contribution in [0.4, 0.5) is 9.52 Å². The van der Waals surface area contributed by atoms with Crippen LogP contribution in [0, 0.1) is 5.82 Å². The monoisotopic (exact) mass is 597 g/mol. The first-order valence-corrected chi connectivity index (χ1v) is 14.2. The zero-order valence-electron chi connectivity index (χ0n) is 19.1. The highest BCUT2D eigenvalue weighted by molar-refractivity contribution is 8.01. The summed E-state index contributed by atoms with van der Waals surface area (Å²) in [5.41, 5.74) is 0.773. The minimum Gasteiger partial charge on any atom is -0.345 e. The molecule has 0 aliphatic rings. The molecule has 2 aromatic heterocycles. The van der Waals surface area contributed by atoms with E-state index in [9.17, 15) is 14.0 Å². The van der Waals surface area contributed by atoms with Crippen LogP contribution in [0.3, 0.4) is 0 Å². The van der Waals surface area contributed by atoms with E-state index in [0.29, 0.717) is 26.8 Å². The van der Waals surface area contributed by atoms with E-state index in [4.69, 9.17) is 23.2 Å². The van der Waals surface area contributed by atoms with Gasteiger partial charge < -0.3 is 5.32 Å². The summed E-state index contributed by atoms with van der Waals surface area (Å²) in [6, 6.07) is 10.3. The predicted molar refractivity (Wildman–Crippen MR) is 145 cm³/mol. The zero-order chi connectivity index (χ0) is 26.4. The van der Waals surface area contributed by atoms with Gasteiger partial charge in [-0.2, -0.15) is 0 Å². The minimum absolute atomic E-state index is 0.0124.